The van der Waals surface area contributed by atoms with Gasteiger partial charge in [-0.1, -0.05) is 0 Å². The number of amides is 1. The van der Waals surface area contributed by atoms with Gasteiger partial charge in [-0.25, -0.2) is 8.42 Å². The largest absolute Gasteiger partial charge is 0.458 e. The number of H-pyrrole nitrogens is 1. The van der Waals surface area contributed by atoms with Crippen molar-refractivity contribution in [2.75, 3.05) is 47.3 Å². The summed E-state index contributed by atoms with van der Waals surface area (Å²) in [6.07, 6.45) is 1.41. The Balaban J connectivity index is 1.96. The molecule has 3 rings (SSSR count). The molecule has 0 atom stereocenters. The lowest BCUT2D eigenvalue weighted by atomic mass is 10.2. The molecule has 0 bridgehead atoms. The molecule has 1 saturated heterocycles. The van der Waals surface area contributed by atoms with Gasteiger partial charge in [0.05, 0.1) is 11.8 Å². The zero-order chi connectivity index (χ0) is 19.1. The molecule has 1 aliphatic rings. The lowest BCUT2D eigenvalue weighted by Crippen LogP contribution is -2.47. The highest BCUT2D eigenvalue weighted by Gasteiger charge is 2.32. The molecule has 1 fully saturated rings. The number of carbonyl (C=O) groups excluding carboxylic acids is 1. The van der Waals surface area contributed by atoms with Crippen LogP contribution in [0, 0.1) is 6.92 Å². The smallest absolute Gasteiger partial charge is 0.257 e. The van der Waals surface area contributed by atoms with E-state index in [0.29, 0.717) is 37.4 Å². The molecule has 2 aromatic rings. The van der Waals surface area contributed by atoms with Crippen LogP contribution in [0.5, 0.6) is 0 Å². The first-order valence-corrected chi connectivity index (χ1v) is 9.70. The quantitative estimate of drug-likeness (QED) is 0.833. The van der Waals surface area contributed by atoms with Crippen LogP contribution in [-0.2, 0) is 10.0 Å². The maximum Gasteiger partial charge on any atom is 0.257 e. The van der Waals surface area contributed by atoms with Gasteiger partial charge < -0.3 is 14.2 Å². The van der Waals surface area contributed by atoms with Gasteiger partial charge in [0.25, 0.3) is 5.91 Å². The zero-order valence-corrected chi connectivity index (χ0v) is 16.1. The fraction of sp³-hybridized carbons (Fsp3) is 0.500. The lowest BCUT2D eigenvalue weighted by molar-refractivity contribution is 0.0828. The number of piperazine rings is 1. The number of furan rings is 1. The Morgan fingerprint density at radius 1 is 1.27 bits per heavy atom. The number of hydrogen-bond donors (Lipinski definition) is 1. The van der Waals surface area contributed by atoms with Gasteiger partial charge in [0.15, 0.2) is 5.76 Å². The first-order chi connectivity index (χ1) is 12.2. The minimum Gasteiger partial charge on any atom is -0.458 e. The summed E-state index contributed by atoms with van der Waals surface area (Å²) >= 11 is 0. The number of likely N-dealkylation sites (N-methyl/N-ethyl adjacent to an activating group) is 1. The average Bonchev–Trinajstić information content (AvgIpc) is 3.21. The van der Waals surface area contributed by atoms with Crippen LogP contribution in [0.2, 0.25) is 0 Å². The van der Waals surface area contributed by atoms with Crippen LogP contribution in [0.4, 0.5) is 0 Å². The average molecular weight is 381 g/mol. The molecule has 0 unspecified atom stereocenters. The van der Waals surface area contributed by atoms with Gasteiger partial charge in [0.1, 0.15) is 16.3 Å². The molecular formula is C16H23N5O4S. The first-order valence-electron chi connectivity index (χ1n) is 8.26. The van der Waals surface area contributed by atoms with E-state index < -0.39 is 10.0 Å². The lowest BCUT2D eigenvalue weighted by Gasteiger charge is -2.31. The van der Waals surface area contributed by atoms with Gasteiger partial charge in [-0.05, 0) is 14.0 Å². The van der Waals surface area contributed by atoms with E-state index in [1.165, 1.54) is 21.5 Å². The number of aryl methyl sites for hydroxylation is 1. The van der Waals surface area contributed by atoms with Crippen LogP contribution >= 0.6 is 0 Å². The summed E-state index contributed by atoms with van der Waals surface area (Å²) in [5.41, 5.74) is 0.693. The van der Waals surface area contributed by atoms with E-state index in [1.54, 1.807) is 21.0 Å². The molecule has 0 saturated carbocycles. The third-order valence-electron chi connectivity index (χ3n) is 4.47. The molecule has 0 aromatic carbocycles. The molecule has 1 aliphatic heterocycles. The highest BCUT2D eigenvalue weighted by Crippen LogP contribution is 2.31. The van der Waals surface area contributed by atoms with Gasteiger partial charge in [-0.15, -0.1) is 0 Å². The number of nitrogens with one attached hydrogen (secondary N) is 1. The summed E-state index contributed by atoms with van der Waals surface area (Å²) in [7, 11) is 1.58. The van der Waals surface area contributed by atoms with E-state index in [9.17, 15) is 13.2 Å². The number of aromatic nitrogens is 2. The second kappa shape index (κ2) is 6.86. The van der Waals surface area contributed by atoms with Crippen LogP contribution < -0.4 is 0 Å². The molecule has 10 heteroatoms. The molecule has 3 heterocycles. The second-order valence-electron chi connectivity index (χ2n) is 6.60. The molecule has 0 radical (unpaired) electrons. The topological polar surface area (TPSA) is 103 Å². The van der Waals surface area contributed by atoms with Crippen LogP contribution in [0.25, 0.3) is 11.5 Å². The summed E-state index contributed by atoms with van der Waals surface area (Å²) in [5, 5.41) is 6.63. The van der Waals surface area contributed by atoms with Crippen LogP contribution in [0.1, 0.15) is 16.1 Å². The highest BCUT2D eigenvalue weighted by molar-refractivity contribution is 7.89. The number of carbonyl (C=O) groups is 1. The number of hydrogen-bond acceptors (Lipinski definition) is 6. The number of nitrogens with zero attached hydrogens (tertiary/aromatic N) is 4. The van der Waals surface area contributed by atoms with Crippen molar-refractivity contribution in [2.45, 2.75) is 11.8 Å². The van der Waals surface area contributed by atoms with Crippen molar-refractivity contribution in [1.82, 2.24) is 24.3 Å². The molecule has 142 valence electrons. The molecule has 1 N–H and O–H groups in total. The minimum atomic E-state index is -3.65. The predicted molar refractivity (Wildman–Crippen MR) is 95.3 cm³/mol. The molecule has 26 heavy (non-hydrogen) atoms. The molecular weight excluding hydrogens is 358 g/mol. The van der Waals surface area contributed by atoms with Crippen molar-refractivity contribution in [1.29, 1.82) is 0 Å². The monoisotopic (exact) mass is 381 g/mol. The highest BCUT2D eigenvalue weighted by atomic mass is 32.2. The third-order valence-corrected chi connectivity index (χ3v) is 6.48. The van der Waals surface area contributed by atoms with Crippen molar-refractivity contribution in [3.05, 3.63) is 23.6 Å². The van der Waals surface area contributed by atoms with Gasteiger partial charge in [0, 0.05) is 46.3 Å². The Morgan fingerprint density at radius 2 is 1.92 bits per heavy atom. The number of rotatable bonds is 4. The second-order valence-corrected chi connectivity index (χ2v) is 8.50. The van der Waals surface area contributed by atoms with E-state index in [2.05, 4.69) is 15.1 Å². The van der Waals surface area contributed by atoms with E-state index in [0.717, 1.165) is 0 Å². The molecule has 1 amide bonds. The molecule has 9 nitrogen and oxygen atoms in total. The SMILES string of the molecule is Cc1oc(-c2[nH]ncc2C(=O)N(C)C)cc1S(=O)(=O)N1CCN(C)CC1. The third kappa shape index (κ3) is 3.27. The van der Waals surface area contributed by atoms with Crippen LogP contribution in [-0.4, -0.2) is 85.9 Å². The normalized spacial score (nSPS) is 16.8. The van der Waals surface area contributed by atoms with E-state index >= 15 is 0 Å². The van der Waals surface area contributed by atoms with Crippen LogP contribution in [0.15, 0.2) is 21.6 Å². The maximum absolute atomic E-state index is 13.0. The Morgan fingerprint density at radius 3 is 2.54 bits per heavy atom. The summed E-state index contributed by atoms with van der Waals surface area (Å²) in [4.78, 5) is 15.9. The predicted octanol–water partition coefficient (Wildman–Crippen LogP) is 0.616. The summed E-state index contributed by atoms with van der Waals surface area (Å²) < 4.78 is 33.1. The van der Waals surface area contributed by atoms with Gasteiger partial charge in [0.2, 0.25) is 10.0 Å². The molecule has 0 spiro atoms. The van der Waals surface area contributed by atoms with Gasteiger partial charge in [-0.2, -0.15) is 9.40 Å². The molecule has 2 aromatic heterocycles. The summed E-state index contributed by atoms with van der Waals surface area (Å²) in [5.74, 6) is 0.320. The fourth-order valence-corrected chi connectivity index (χ4v) is 4.47. The maximum atomic E-state index is 13.0. The summed E-state index contributed by atoms with van der Waals surface area (Å²) in [6, 6.07) is 1.46. The number of sulfonamides is 1. The number of aromatic amines is 1. The van der Waals surface area contributed by atoms with Crippen molar-refractivity contribution >= 4 is 15.9 Å². The summed E-state index contributed by atoms with van der Waals surface area (Å²) in [6.45, 7) is 3.85. The van der Waals surface area contributed by atoms with Crippen LogP contribution in [0.3, 0.4) is 0 Å². The fourth-order valence-electron chi connectivity index (χ4n) is 2.89. The van der Waals surface area contributed by atoms with E-state index in [4.69, 9.17) is 4.42 Å². The van der Waals surface area contributed by atoms with Crippen molar-refractivity contribution in [2.24, 2.45) is 0 Å². The van der Waals surface area contributed by atoms with E-state index in [1.807, 2.05) is 7.05 Å². The van der Waals surface area contributed by atoms with Gasteiger partial charge >= 0.3 is 0 Å². The Kier molecular flexibility index (Phi) is 4.91. The first kappa shape index (κ1) is 18.6. The van der Waals surface area contributed by atoms with Crippen molar-refractivity contribution in [3.63, 3.8) is 0 Å². The van der Waals surface area contributed by atoms with Crippen molar-refractivity contribution < 1.29 is 17.6 Å². The van der Waals surface area contributed by atoms with Gasteiger partial charge in [-0.3, -0.25) is 9.89 Å². The Labute approximate surface area is 152 Å². The standard InChI is InChI=1S/C16H23N5O4S/c1-11-14(26(23,24)21-7-5-20(4)6-8-21)9-13(25-11)15-12(10-17-18-15)16(22)19(2)3/h9-10H,5-8H2,1-4H3,(H,17,18). The Hall–Kier alpha value is -2.17. The van der Waals surface area contributed by atoms with Crippen molar-refractivity contribution in [3.8, 4) is 11.5 Å². The Bertz CT molecular complexity index is 907. The zero-order valence-electron chi connectivity index (χ0n) is 15.3. The minimum absolute atomic E-state index is 0.120. The van der Waals surface area contributed by atoms with E-state index in [-0.39, 0.29) is 22.3 Å². The molecule has 0 aliphatic carbocycles.